The Labute approximate surface area is 92.5 Å². The molecule has 0 aliphatic heterocycles. The first kappa shape index (κ1) is 11.3. The number of carboxylic acid groups (broad SMARTS) is 1. The quantitative estimate of drug-likeness (QED) is 0.843. The molecule has 0 fully saturated rings. The lowest BCUT2D eigenvalue weighted by atomic mass is 10.0. The van der Waals surface area contributed by atoms with Gasteiger partial charge < -0.3 is 5.11 Å². The largest absolute Gasteiger partial charge is 0.478 e. The highest BCUT2D eigenvalue weighted by Crippen LogP contribution is 2.32. The first-order chi connectivity index (χ1) is 6.43. The van der Waals surface area contributed by atoms with Crippen LogP contribution in [0.25, 0.3) is 0 Å². The Bertz CT molecular complexity index is 349. The maximum atomic E-state index is 10.7. The van der Waals surface area contributed by atoms with Crippen molar-refractivity contribution >= 4 is 29.2 Å². The molecule has 0 aliphatic carbocycles. The molecule has 0 amide bonds. The summed E-state index contributed by atoms with van der Waals surface area (Å²) in [6.07, 6.45) is 0. The molecule has 14 heavy (non-hydrogen) atoms. The van der Waals surface area contributed by atoms with Crippen LogP contribution < -0.4 is 0 Å². The second-order valence-corrected chi connectivity index (χ2v) is 4.13. The van der Waals surface area contributed by atoms with Crippen LogP contribution in [-0.4, -0.2) is 11.1 Å². The SMILES string of the molecule is CC(C)c1c(Cl)cc(C(=O)O)cc1Cl. The normalized spacial score (nSPS) is 10.6. The summed E-state index contributed by atoms with van der Waals surface area (Å²) >= 11 is 11.9. The molecule has 0 bridgehead atoms. The minimum Gasteiger partial charge on any atom is -0.478 e. The van der Waals surface area contributed by atoms with E-state index in [9.17, 15) is 4.79 Å². The second kappa shape index (κ2) is 4.20. The number of benzene rings is 1. The number of aromatic carboxylic acids is 1. The Kier molecular flexibility index (Phi) is 3.40. The van der Waals surface area contributed by atoms with E-state index in [2.05, 4.69) is 0 Å². The fraction of sp³-hybridized carbons (Fsp3) is 0.300. The fourth-order valence-corrected chi connectivity index (χ4v) is 2.18. The molecule has 0 unspecified atom stereocenters. The van der Waals surface area contributed by atoms with E-state index in [1.165, 1.54) is 12.1 Å². The molecular formula is C10H10Cl2O2. The molecule has 0 saturated heterocycles. The molecule has 4 heteroatoms. The Morgan fingerprint density at radius 3 is 2.00 bits per heavy atom. The van der Waals surface area contributed by atoms with E-state index < -0.39 is 5.97 Å². The van der Waals surface area contributed by atoms with Crippen LogP contribution in [0.1, 0.15) is 35.7 Å². The van der Waals surface area contributed by atoms with Gasteiger partial charge in [-0.2, -0.15) is 0 Å². The monoisotopic (exact) mass is 232 g/mol. The minimum absolute atomic E-state index is 0.115. The predicted molar refractivity (Wildman–Crippen MR) is 57.5 cm³/mol. The maximum Gasteiger partial charge on any atom is 0.335 e. The Morgan fingerprint density at radius 1 is 1.29 bits per heavy atom. The van der Waals surface area contributed by atoms with Gasteiger partial charge in [0.2, 0.25) is 0 Å². The first-order valence-corrected chi connectivity index (χ1v) is 4.91. The lowest BCUT2D eigenvalue weighted by Crippen LogP contribution is -1.99. The van der Waals surface area contributed by atoms with Gasteiger partial charge in [-0.05, 0) is 23.6 Å². The third kappa shape index (κ3) is 2.20. The van der Waals surface area contributed by atoms with Crippen LogP contribution in [0.2, 0.25) is 10.0 Å². The molecule has 76 valence electrons. The van der Waals surface area contributed by atoms with E-state index in [-0.39, 0.29) is 11.5 Å². The first-order valence-electron chi connectivity index (χ1n) is 4.15. The molecule has 0 atom stereocenters. The number of carboxylic acids is 1. The highest BCUT2D eigenvalue weighted by Gasteiger charge is 2.14. The summed E-state index contributed by atoms with van der Waals surface area (Å²) in [7, 11) is 0. The summed E-state index contributed by atoms with van der Waals surface area (Å²) in [4.78, 5) is 10.7. The number of hydrogen-bond donors (Lipinski definition) is 1. The zero-order valence-corrected chi connectivity index (χ0v) is 9.36. The van der Waals surface area contributed by atoms with Crippen LogP contribution in [0.4, 0.5) is 0 Å². The number of carbonyl (C=O) groups is 1. The van der Waals surface area contributed by atoms with Gasteiger partial charge in [0, 0.05) is 10.0 Å². The van der Waals surface area contributed by atoms with Crippen molar-refractivity contribution in [1.82, 2.24) is 0 Å². The van der Waals surface area contributed by atoms with Crippen molar-refractivity contribution in [3.8, 4) is 0 Å². The molecule has 0 radical (unpaired) electrons. The summed E-state index contributed by atoms with van der Waals surface area (Å²) in [5.74, 6) is -0.845. The third-order valence-corrected chi connectivity index (χ3v) is 2.53. The van der Waals surface area contributed by atoms with Crippen LogP contribution in [0.3, 0.4) is 0 Å². The zero-order valence-electron chi connectivity index (χ0n) is 7.84. The van der Waals surface area contributed by atoms with Gasteiger partial charge in [0.1, 0.15) is 0 Å². The molecule has 1 rings (SSSR count). The van der Waals surface area contributed by atoms with E-state index in [0.29, 0.717) is 10.0 Å². The van der Waals surface area contributed by atoms with E-state index in [0.717, 1.165) is 5.56 Å². The molecule has 1 N–H and O–H groups in total. The smallest absolute Gasteiger partial charge is 0.335 e. The molecule has 0 heterocycles. The highest BCUT2D eigenvalue weighted by molar-refractivity contribution is 6.36. The highest BCUT2D eigenvalue weighted by atomic mass is 35.5. The van der Waals surface area contributed by atoms with Crippen molar-refractivity contribution in [1.29, 1.82) is 0 Å². The van der Waals surface area contributed by atoms with Gasteiger partial charge >= 0.3 is 5.97 Å². The van der Waals surface area contributed by atoms with E-state index in [1.807, 2.05) is 13.8 Å². The van der Waals surface area contributed by atoms with Gasteiger partial charge in [-0.3, -0.25) is 0 Å². The van der Waals surface area contributed by atoms with Gasteiger partial charge in [-0.25, -0.2) is 4.79 Å². The van der Waals surface area contributed by atoms with Crippen molar-refractivity contribution in [2.45, 2.75) is 19.8 Å². The van der Waals surface area contributed by atoms with E-state index >= 15 is 0 Å². The maximum absolute atomic E-state index is 10.7. The van der Waals surface area contributed by atoms with Crippen LogP contribution >= 0.6 is 23.2 Å². The number of hydrogen-bond acceptors (Lipinski definition) is 1. The summed E-state index contributed by atoms with van der Waals surface area (Å²) < 4.78 is 0. The molecule has 0 saturated carbocycles. The van der Waals surface area contributed by atoms with Gasteiger partial charge in [-0.1, -0.05) is 37.0 Å². The zero-order chi connectivity index (χ0) is 10.9. The summed E-state index contributed by atoms with van der Waals surface area (Å²) in [6.45, 7) is 3.90. The third-order valence-electron chi connectivity index (χ3n) is 1.90. The summed E-state index contributed by atoms with van der Waals surface area (Å²) in [5, 5.41) is 9.56. The molecule has 1 aromatic carbocycles. The Hall–Kier alpha value is -0.730. The molecule has 2 nitrogen and oxygen atoms in total. The van der Waals surface area contributed by atoms with E-state index in [4.69, 9.17) is 28.3 Å². The van der Waals surface area contributed by atoms with Crippen LogP contribution in [-0.2, 0) is 0 Å². The fourth-order valence-electron chi connectivity index (χ4n) is 1.26. The Morgan fingerprint density at radius 2 is 1.71 bits per heavy atom. The molecule has 0 aliphatic rings. The van der Waals surface area contributed by atoms with Crippen molar-refractivity contribution in [2.75, 3.05) is 0 Å². The summed E-state index contributed by atoms with van der Waals surface area (Å²) in [6, 6.07) is 2.84. The standard InChI is InChI=1S/C10H10Cl2O2/c1-5(2)9-7(11)3-6(10(13)14)4-8(9)12/h3-5H,1-2H3,(H,13,14). The number of rotatable bonds is 2. The predicted octanol–water partition coefficient (Wildman–Crippen LogP) is 3.82. The van der Waals surface area contributed by atoms with Gasteiger partial charge in [0.25, 0.3) is 0 Å². The lowest BCUT2D eigenvalue weighted by molar-refractivity contribution is 0.0697. The van der Waals surface area contributed by atoms with Crippen molar-refractivity contribution in [3.05, 3.63) is 33.3 Å². The Balaban J connectivity index is 3.32. The topological polar surface area (TPSA) is 37.3 Å². The average Bonchev–Trinajstić information content (AvgIpc) is 2.01. The van der Waals surface area contributed by atoms with Crippen molar-refractivity contribution in [3.63, 3.8) is 0 Å². The molecule has 1 aromatic rings. The van der Waals surface area contributed by atoms with Gasteiger partial charge in [0.15, 0.2) is 0 Å². The van der Waals surface area contributed by atoms with Crippen LogP contribution in [0.15, 0.2) is 12.1 Å². The van der Waals surface area contributed by atoms with Crippen LogP contribution in [0, 0.1) is 0 Å². The second-order valence-electron chi connectivity index (χ2n) is 3.31. The molecule has 0 aromatic heterocycles. The minimum atomic E-state index is -1.02. The van der Waals surface area contributed by atoms with Gasteiger partial charge in [-0.15, -0.1) is 0 Å². The lowest BCUT2D eigenvalue weighted by Gasteiger charge is -2.11. The molecule has 0 spiro atoms. The van der Waals surface area contributed by atoms with E-state index in [1.54, 1.807) is 0 Å². The summed E-state index contributed by atoms with van der Waals surface area (Å²) in [5.41, 5.74) is 0.905. The van der Waals surface area contributed by atoms with Gasteiger partial charge in [0.05, 0.1) is 5.56 Å². The number of halogens is 2. The van der Waals surface area contributed by atoms with Crippen LogP contribution in [0.5, 0.6) is 0 Å². The average molecular weight is 233 g/mol. The van der Waals surface area contributed by atoms with Crippen molar-refractivity contribution in [2.24, 2.45) is 0 Å². The molecular weight excluding hydrogens is 223 g/mol. The van der Waals surface area contributed by atoms with Crippen molar-refractivity contribution < 1.29 is 9.90 Å².